The second-order valence-electron chi connectivity index (χ2n) is 12.4. The number of piperazine rings is 1. The average molecular weight is 613 g/mol. The molecular formula is C31H41FN6O6. The maximum atomic E-state index is 14.0. The number of hydrogen-bond acceptors (Lipinski definition) is 8. The number of carboxylic acid groups (broad SMARTS) is 1. The Bertz CT molecular complexity index is 1390. The van der Waals surface area contributed by atoms with Crippen LogP contribution in [0.1, 0.15) is 48.8 Å². The van der Waals surface area contributed by atoms with Gasteiger partial charge in [0.2, 0.25) is 11.8 Å². The van der Waals surface area contributed by atoms with Crippen LogP contribution in [0.2, 0.25) is 0 Å². The van der Waals surface area contributed by atoms with E-state index in [1.807, 2.05) is 6.92 Å². The molecule has 3 N–H and O–H groups in total. The number of nitrogens with zero attached hydrogens (tertiary/aromatic N) is 5. The first-order chi connectivity index (χ1) is 20.9. The number of nitrogens with two attached hydrogens (primary N) is 1. The Morgan fingerprint density at radius 3 is 2.59 bits per heavy atom. The highest BCUT2D eigenvalue weighted by atomic mass is 19.1. The van der Waals surface area contributed by atoms with Gasteiger partial charge in [0.05, 0.1) is 25.8 Å². The molecule has 44 heavy (non-hydrogen) atoms. The molecule has 0 spiro atoms. The van der Waals surface area contributed by atoms with Crippen LogP contribution in [0.25, 0.3) is 0 Å². The minimum atomic E-state index is -0.964. The van der Waals surface area contributed by atoms with Crippen LogP contribution >= 0.6 is 0 Å². The summed E-state index contributed by atoms with van der Waals surface area (Å²) in [5.41, 5.74) is 7.25. The molecule has 0 bridgehead atoms. The van der Waals surface area contributed by atoms with Crippen molar-refractivity contribution in [2.45, 2.75) is 51.2 Å². The molecule has 2 atom stereocenters. The number of pyridine rings is 1. The molecule has 0 radical (unpaired) electrons. The Kier molecular flexibility index (Phi) is 9.37. The Morgan fingerprint density at radius 2 is 1.91 bits per heavy atom. The minimum absolute atomic E-state index is 0.0333. The Balaban J connectivity index is 1.38. The summed E-state index contributed by atoms with van der Waals surface area (Å²) in [6.07, 6.45) is -0.0126. The SMILES string of the molecule is C[C@H]1COc2nc(C(N)=O)c(Cc3ccc(F)cc3)cc2N1C(=O)CN1CCN(C(=O)O)C[C@@H]1CCN1CCOCC1(C)C. The van der Waals surface area contributed by atoms with Gasteiger partial charge in [0.25, 0.3) is 5.91 Å². The number of anilines is 1. The molecule has 3 aliphatic heterocycles. The highest BCUT2D eigenvalue weighted by Crippen LogP contribution is 2.35. The number of carbonyl (C=O) groups excluding carboxylic acids is 2. The normalized spacial score (nSPS) is 22.3. The quantitative estimate of drug-likeness (QED) is 0.459. The van der Waals surface area contributed by atoms with E-state index in [1.54, 1.807) is 23.1 Å². The number of fused-ring (bicyclic) bond motifs is 1. The first-order valence-electron chi connectivity index (χ1n) is 15.0. The lowest BCUT2D eigenvalue weighted by Gasteiger charge is -2.45. The molecule has 1 aromatic carbocycles. The molecule has 13 heteroatoms. The van der Waals surface area contributed by atoms with E-state index in [0.717, 1.165) is 18.7 Å². The maximum absolute atomic E-state index is 14.0. The van der Waals surface area contributed by atoms with Crippen molar-refractivity contribution in [2.24, 2.45) is 5.73 Å². The zero-order valence-corrected chi connectivity index (χ0v) is 25.5. The zero-order chi connectivity index (χ0) is 31.6. The fourth-order valence-electron chi connectivity index (χ4n) is 6.27. The second-order valence-corrected chi connectivity index (χ2v) is 12.4. The fraction of sp³-hybridized carbons (Fsp3) is 0.548. The van der Waals surface area contributed by atoms with Gasteiger partial charge in [-0.05, 0) is 62.9 Å². The van der Waals surface area contributed by atoms with Gasteiger partial charge in [0, 0.05) is 44.3 Å². The summed E-state index contributed by atoms with van der Waals surface area (Å²) in [7, 11) is 0. The minimum Gasteiger partial charge on any atom is -0.474 e. The molecular weight excluding hydrogens is 571 g/mol. The Hall–Kier alpha value is -3.81. The van der Waals surface area contributed by atoms with E-state index >= 15 is 0 Å². The number of carbonyl (C=O) groups is 3. The van der Waals surface area contributed by atoms with Gasteiger partial charge in [-0.2, -0.15) is 0 Å². The van der Waals surface area contributed by atoms with E-state index in [-0.39, 0.29) is 60.5 Å². The van der Waals surface area contributed by atoms with Gasteiger partial charge in [-0.25, -0.2) is 14.2 Å². The first kappa shape index (κ1) is 31.6. The third-order valence-electron chi connectivity index (χ3n) is 8.78. The van der Waals surface area contributed by atoms with Crippen molar-refractivity contribution in [1.29, 1.82) is 0 Å². The molecule has 12 nitrogen and oxygen atoms in total. The summed E-state index contributed by atoms with van der Waals surface area (Å²) in [4.78, 5) is 50.1. The predicted octanol–water partition coefficient (Wildman–Crippen LogP) is 2.19. The number of primary amides is 1. The van der Waals surface area contributed by atoms with Crippen molar-refractivity contribution < 1.29 is 33.4 Å². The average Bonchev–Trinajstić information content (AvgIpc) is 2.97. The molecule has 2 fully saturated rings. The van der Waals surface area contributed by atoms with Gasteiger partial charge in [-0.15, -0.1) is 0 Å². The van der Waals surface area contributed by atoms with Crippen molar-refractivity contribution in [3.05, 3.63) is 53.0 Å². The van der Waals surface area contributed by atoms with Crippen molar-refractivity contribution in [1.82, 2.24) is 19.7 Å². The third-order valence-corrected chi connectivity index (χ3v) is 8.78. The molecule has 2 saturated heterocycles. The zero-order valence-electron chi connectivity index (χ0n) is 25.5. The predicted molar refractivity (Wildman–Crippen MR) is 160 cm³/mol. The lowest BCUT2D eigenvalue weighted by molar-refractivity contribution is -0.121. The van der Waals surface area contributed by atoms with E-state index in [9.17, 15) is 23.9 Å². The highest BCUT2D eigenvalue weighted by molar-refractivity contribution is 5.99. The van der Waals surface area contributed by atoms with Gasteiger partial charge in [0.1, 0.15) is 23.8 Å². The maximum Gasteiger partial charge on any atom is 0.407 e. The van der Waals surface area contributed by atoms with E-state index in [2.05, 4.69) is 28.6 Å². The van der Waals surface area contributed by atoms with Crippen molar-refractivity contribution in [3.8, 4) is 5.88 Å². The molecule has 4 heterocycles. The highest BCUT2D eigenvalue weighted by Gasteiger charge is 2.37. The van der Waals surface area contributed by atoms with E-state index in [1.165, 1.54) is 17.0 Å². The van der Waals surface area contributed by atoms with Crippen LogP contribution < -0.4 is 15.4 Å². The van der Waals surface area contributed by atoms with E-state index in [4.69, 9.17) is 15.2 Å². The summed E-state index contributed by atoms with van der Waals surface area (Å²) < 4.78 is 25.0. The van der Waals surface area contributed by atoms with Gasteiger partial charge in [-0.3, -0.25) is 19.4 Å². The molecule has 3 amide bonds. The van der Waals surface area contributed by atoms with Crippen molar-refractivity contribution in [3.63, 3.8) is 0 Å². The Labute approximate surface area is 256 Å². The second kappa shape index (κ2) is 13.0. The molecule has 0 aliphatic carbocycles. The summed E-state index contributed by atoms with van der Waals surface area (Å²) >= 11 is 0. The number of ether oxygens (including phenoxy) is 2. The smallest absolute Gasteiger partial charge is 0.407 e. The largest absolute Gasteiger partial charge is 0.474 e. The van der Waals surface area contributed by atoms with Crippen LogP contribution in [-0.2, 0) is 16.0 Å². The molecule has 1 aromatic heterocycles. The topological polar surface area (TPSA) is 142 Å². The number of hydrogen-bond donors (Lipinski definition) is 2. The summed E-state index contributed by atoms with van der Waals surface area (Å²) in [6.45, 7) is 10.3. The number of benzene rings is 1. The molecule has 0 saturated carbocycles. The number of rotatable bonds is 8. The summed E-state index contributed by atoms with van der Waals surface area (Å²) in [5.74, 6) is -1.13. The molecule has 5 rings (SSSR count). The lowest BCUT2D eigenvalue weighted by Crippen LogP contribution is -2.59. The lowest BCUT2D eigenvalue weighted by atomic mass is 10.0. The standard InChI is InChI=1S/C31H41FN6O6/c1-20-18-44-29-25(15-22(27(34-29)28(33)40)14-21-4-6-23(32)7-5-21)38(20)26(39)17-35-10-11-36(30(41)42)16-24(35)8-9-37-12-13-43-19-31(37,2)3/h4-7,15,20,24H,8-14,16-19H2,1-3H3,(H2,33,40)(H,41,42)/t20-,24-/m0/s1. The molecule has 3 aliphatic rings. The van der Waals surface area contributed by atoms with Crippen LogP contribution in [0.5, 0.6) is 5.88 Å². The summed E-state index contributed by atoms with van der Waals surface area (Å²) in [6, 6.07) is 7.16. The molecule has 238 valence electrons. The monoisotopic (exact) mass is 612 g/mol. The van der Waals surface area contributed by atoms with Crippen molar-refractivity contribution in [2.75, 3.05) is 64.0 Å². The van der Waals surface area contributed by atoms with Gasteiger partial charge < -0.3 is 30.1 Å². The fourth-order valence-corrected chi connectivity index (χ4v) is 6.27. The first-order valence-corrected chi connectivity index (χ1v) is 15.0. The Morgan fingerprint density at radius 1 is 1.16 bits per heavy atom. The van der Waals surface area contributed by atoms with Crippen LogP contribution in [0.15, 0.2) is 30.3 Å². The number of halogens is 1. The number of morpholine rings is 1. The van der Waals surface area contributed by atoms with Crippen LogP contribution in [0.3, 0.4) is 0 Å². The van der Waals surface area contributed by atoms with Crippen molar-refractivity contribution >= 4 is 23.6 Å². The third kappa shape index (κ3) is 6.95. The van der Waals surface area contributed by atoms with E-state index < -0.39 is 12.0 Å². The van der Waals surface area contributed by atoms with Gasteiger partial charge in [0.15, 0.2) is 0 Å². The number of aromatic nitrogens is 1. The number of amides is 3. The van der Waals surface area contributed by atoms with Crippen LogP contribution in [0, 0.1) is 5.82 Å². The van der Waals surface area contributed by atoms with Gasteiger partial charge in [-0.1, -0.05) is 12.1 Å². The molecule has 0 unspecified atom stereocenters. The van der Waals surface area contributed by atoms with Gasteiger partial charge >= 0.3 is 6.09 Å². The van der Waals surface area contributed by atoms with Crippen LogP contribution in [-0.4, -0.2) is 119 Å². The van der Waals surface area contributed by atoms with Crippen LogP contribution in [0.4, 0.5) is 14.9 Å². The van der Waals surface area contributed by atoms with E-state index in [0.29, 0.717) is 50.5 Å². The molecule has 2 aromatic rings. The summed E-state index contributed by atoms with van der Waals surface area (Å²) in [5, 5.41) is 9.71.